The van der Waals surface area contributed by atoms with Gasteiger partial charge in [-0.25, -0.2) is 9.37 Å². The number of aromatic hydroxyl groups is 1. The number of anilines is 1. The van der Waals surface area contributed by atoms with Gasteiger partial charge >= 0.3 is 0 Å². The van der Waals surface area contributed by atoms with Gasteiger partial charge in [-0.1, -0.05) is 11.6 Å². The maximum Gasteiger partial charge on any atom is 0.253 e. The highest BCUT2D eigenvalue weighted by Crippen LogP contribution is 2.37. The van der Waals surface area contributed by atoms with Gasteiger partial charge in [0, 0.05) is 17.1 Å². The molecule has 0 atom stereocenters. The molecule has 8 heteroatoms. The Morgan fingerprint density at radius 3 is 2.67 bits per heavy atom. The van der Waals surface area contributed by atoms with Crippen molar-refractivity contribution in [2.75, 3.05) is 5.73 Å². The number of hydrogen-bond donors (Lipinski definition) is 3. The van der Waals surface area contributed by atoms with Crippen molar-refractivity contribution < 1.29 is 14.3 Å². The highest BCUT2D eigenvalue weighted by Gasteiger charge is 2.24. The van der Waals surface area contributed by atoms with Crippen molar-refractivity contribution in [3.8, 4) is 11.4 Å². The van der Waals surface area contributed by atoms with E-state index in [1.807, 2.05) is 0 Å². The molecule has 0 saturated heterocycles. The normalized spacial score (nSPS) is 11.2. The number of fused-ring (bicyclic) bond motifs is 1. The average molecular weight is 349 g/mol. The van der Waals surface area contributed by atoms with Crippen LogP contribution in [-0.2, 0) is 0 Å². The minimum Gasteiger partial charge on any atom is -0.505 e. The lowest BCUT2D eigenvalue weighted by molar-refractivity contribution is 0.100. The number of aromatic nitrogens is 2. The molecule has 0 spiro atoms. The minimum absolute atomic E-state index is 0.0458. The molecule has 0 bridgehead atoms. The molecule has 0 radical (unpaired) electrons. The van der Waals surface area contributed by atoms with E-state index >= 15 is 0 Å². The van der Waals surface area contributed by atoms with Gasteiger partial charge in [-0.15, -0.1) is 0 Å². The summed E-state index contributed by atoms with van der Waals surface area (Å²) in [5.41, 5.74) is 13.2. The highest BCUT2D eigenvalue weighted by atomic mass is 35.5. The topological polar surface area (TPSA) is 107 Å². The summed E-state index contributed by atoms with van der Waals surface area (Å²) in [5.74, 6) is -1.92. The van der Waals surface area contributed by atoms with E-state index in [9.17, 15) is 14.3 Å². The van der Waals surface area contributed by atoms with Crippen LogP contribution >= 0.6 is 11.6 Å². The van der Waals surface area contributed by atoms with Gasteiger partial charge in [-0.2, -0.15) is 0 Å². The molecule has 0 saturated carbocycles. The number of nitrogens with two attached hydrogens (primary N) is 2. The molecule has 0 aliphatic rings. The number of aryl methyl sites for hydroxylation is 1. The SMILES string of the molecule is Cc1cc(F)c(O)c(C)c1-n1c(N)c(C(N)=O)c2cc(Cl)cnc21. The van der Waals surface area contributed by atoms with Crippen molar-refractivity contribution in [2.45, 2.75) is 13.8 Å². The molecule has 0 aliphatic heterocycles. The molecular weight excluding hydrogens is 335 g/mol. The molecule has 2 heterocycles. The summed E-state index contributed by atoms with van der Waals surface area (Å²) in [4.78, 5) is 16.1. The lowest BCUT2D eigenvalue weighted by Gasteiger charge is -2.15. The summed E-state index contributed by atoms with van der Waals surface area (Å²) in [7, 11) is 0. The Morgan fingerprint density at radius 1 is 1.38 bits per heavy atom. The van der Waals surface area contributed by atoms with Crippen LogP contribution in [-0.4, -0.2) is 20.6 Å². The van der Waals surface area contributed by atoms with Crippen molar-refractivity contribution in [3.05, 3.63) is 45.9 Å². The van der Waals surface area contributed by atoms with Crippen LogP contribution in [0.2, 0.25) is 5.02 Å². The number of phenols is 1. The third kappa shape index (κ3) is 2.16. The van der Waals surface area contributed by atoms with Crippen LogP contribution in [0, 0.1) is 19.7 Å². The maximum atomic E-state index is 13.7. The number of pyridine rings is 1. The third-order valence-corrected chi connectivity index (χ3v) is 4.14. The fourth-order valence-electron chi connectivity index (χ4n) is 2.90. The molecule has 24 heavy (non-hydrogen) atoms. The van der Waals surface area contributed by atoms with Gasteiger partial charge in [0.25, 0.3) is 5.91 Å². The van der Waals surface area contributed by atoms with Crippen LogP contribution in [0.5, 0.6) is 5.75 Å². The smallest absolute Gasteiger partial charge is 0.253 e. The summed E-state index contributed by atoms with van der Waals surface area (Å²) in [6, 6.07) is 2.72. The van der Waals surface area contributed by atoms with Crippen molar-refractivity contribution in [1.29, 1.82) is 0 Å². The molecule has 1 aromatic carbocycles. The van der Waals surface area contributed by atoms with Crippen LogP contribution < -0.4 is 11.5 Å². The number of phenolic OH excluding ortho intramolecular Hbond substituents is 1. The third-order valence-electron chi connectivity index (χ3n) is 3.93. The first kappa shape index (κ1) is 16.1. The zero-order valence-electron chi connectivity index (χ0n) is 12.9. The summed E-state index contributed by atoms with van der Waals surface area (Å²) < 4.78 is 15.2. The number of primary amides is 1. The fraction of sp³-hybridized carbons (Fsp3) is 0.125. The average Bonchev–Trinajstić information content (AvgIpc) is 2.77. The summed E-state index contributed by atoms with van der Waals surface area (Å²) in [6.45, 7) is 3.21. The highest BCUT2D eigenvalue weighted by molar-refractivity contribution is 6.31. The first-order valence-corrected chi connectivity index (χ1v) is 7.36. The van der Waals surface area contributed by atoms with E-state index in [-0.39, 0.29) is 16.9 Å². The first-order chi connectivity index (χ1) is 11.2. The Bertz CT molecular complexity index is 1010. The number of nitrogens with zero attached hydrogens (tertiary/aromatic N) is 2. The van der Waals surface area contributed by atoms with E-state index in [1.54, 1.807) is 13.8 Å². The number of carbonyl (C=O) groups is 1. The van der Waals surface area contributed by atoms with Gasteiger partial charge in [-0.05, 0) is 31.5 Å². The van der Waals surface area contributed by atoms with Crippen LogP contribution in [0.15, 0.2) is 18.3 Å². The molecule has 0 aliphatic carbocycles. The number of halogens is 2. The number of hydrogen-bond acceptors (Lipinski definition) is 4. The Labute approximate surface area is 141 Å². The van der Waals surface area contributed by atoms with E-state index in [1.165, 1.54) is 22.9 Å². The quantitative estimate of drug-likeness (QED) is 0.661. The van der Waals surface area contributed by atoms with Crippen LogP contribution in [0.4, 0.5) is 10.2 Å². The number of rotatable bonds is 2. The van der Waals surface area contributed by atoms with E-state index in [2.05, 4.69) is 4.98 Å². The van der Waals surface area contributed by atoms with E-state index in [0.29, 0.717) is 27.3 Å². The predicted molar refractivity (Wildman–Crippen MR) is 90.1 cm³/mol. The molecule has 1 amide bonds. The Kier molecular flexibility index (Phi) is 3.60. The molecule has 124 valence electrons. The molecule has 3 rings (SSSR count). The minimum atomic E-state index is -0.741. The van der Waals surface area contributed by atoms with Crippen molar-refractivity contribution in [1.82, 2.24) is 9.55 Å². The summed E-state index contributed by atoms with van der Waals surface area (Å²) in [5, 5.41) is 10.6. The largest absolute Gasteiger partial charge is 0.505 e. The first-order valence-electron chi connectivity index (χ1n) is 6.98. The monoisotopic (exact) mass is 348 g/mol. The Morgan fingerprint density at radius 2 is 2.04 bits per heavy atom. The second-order valence-electron chi connectivity index (χ2n) is 5.48. The zero-order chi connectivity index (χ0) is 17.8. The Balaban J connectivity index is 2.51. The van der Waals surface area contributed by atoms with Crippen LogP contribution in [0.3, 0.4) is 0 Å². The number of amides is 1. The van der Waals surface area contributed by atoms with Gasteiger partial charge in [0.15, 0.2) is 11.6 Å². The van der Waals surface area contributed by atoms with Gasteiger partial charge < -0.3 is 16.6 Å². The summed E-state index contributed by atoms with van der Waals surface area (Å²) >= 11 is 5.96. The molecule has 0 unspecified atom stereocenters. The zero-order valence-corrected chi connectivity index (χ0v) is 13.6. The lowest BCUT2D eigenvalue weighted by Crippen LogP contribution is -2.14. The van der Waals surface area contributed by atoms with Gasteiger partial charge in [0.1, 0.15) is 11.5 Å². The Hall–Kier alpha value is -2.80. The van der Waals surface area contributed by atoms with Gasteiger partial charge in [0.2, 0.25) is 0 Å². The van der Waals surface area contributed by atoms with Crippen LogP contribution in [0.25, 0.3) is 16.7 Å². The fourth-order valence-corrected chi connectivity index (χ4v) is 3.06. The van der Waals surface area contributed by atoms with Gasteiger partial charge in [0.05, 0.1) is 16.3 Å². The summed E-state index contributed by atoms with van der Waals surface area (Å²) in [6.07, 6.45) is 1.40. The molecule has 3 aromatic rings. The second kappa shape index (κ2) is 5.38. The molecule has 0 fully saturated rings. The van der Waals surface area contributed by atoms with Crippen molar-refractivity contribution >= 4 is 34.4 Å². The predicted octanol–water partition coefficient (Wildman–Crippen LogP) is 2.82. The van der Waals surface area contributed by atoms with E-state index in [0.717, 1.165) is 0 Å². The lowest BCUT2D eigenvalue weighted by atomic mass is 10.1. The van der Waals surface area contributed by atoms with E-state index < -0.39 is 17.5 Å². The standard InChI is InChI=1S/C16H14ClFN4O2/c1-6-3-10(18)13(23)7(2)12(6)22-14(19)11(15(20)24)9-4-8(17)5-21-16(9)22/h3-5,23H,19H2,1-2H3,(H2,20,24). The molecule has 2 aromatic heterocycles. The van der Waals surface area contributed by atoms with E-state index in [4.69, 9.17) is 23.1 Å². The molecule has 5 N–H and O–H groups in total. The second-order valence-corrected chi connectivity index (χ2v) is 5.92. The van der Waals surface area contributed by atoms with Crippen molar-refractivity contribution in [2.24, 2.45) is 5.73 Å². The number of benzene rings is 1. The number of carbonyl (C=O) groups excluding carboxylic acids is 1. The maximum absolute atomic E-state index is 13.7. The van der Waals surface area contributed by atoms with Gasteiger partial charge in [-0.3, -0.25) is 9.36 Å². The molecular formula is C16H14ClFN4O2. The van der Waals surface area contributed by atoms with Crippen LogP contribution in [0.1, 0.15) is 21.5 Å². The number of nitrogen functional groups attached to an aromatic ring is 1. The molecule has 6 nitrogen and oxygen atoms in total. The van der Waals surface area contributed by atoms with Crippen molar-refractivity contribution in [3.63, 3.8) is 0 Å².